The van der Waals surface area contributed by atoms with Gasteiger partial charge in [-0.05, 0) is 62.6 Å². The molecular weight excluding hydrogens is 470 g/mol. The summed E-state index contributed by atoms with van der Waals surface area (Å²) in [6.45, 7) is 4.72. The van der Waals surface area contributed by atoms with Crippen LogP contribution in [0.2, 0.25) is 0 Å². The lowest BCUT2D eigenvalue weighted by molar-refractivity contribution is -0.120. The van der Waals surface area contributed by atoms with E-state index in [0.29, 0.717) is 34.8 Å². The molecule has 0 bridgehead atoms. The largest absolute Gasteiger partial charge is 0.497 e. The van der Waals surface area contributed by atoms with Gasteiger partial charge >= 0.3 is 0 Å². The second kappa shape index (κ2) is 12.5. The highest BCUT2D eigenvalue weighted by molar-refractivity contribution is 6.05. The highest BCUT2D eigenvalue weighted by Gasteiger charge is 2.20. The van der Waals surface area contributed by atoms with Crippen LogP contribution in [-0.4, -0.2) is 65.8 Å². The first kappa shape index (κ1) is 26.3. The minimum absolute atomic E-state index is 0.0783. The first-order valence-corrected chi connectivity index (χ1v) is 13.0. The van der Waals surface area contributed by atoms with Gasteiger partial charge in [-0.25, -0.2) is 0 Å². The Balaban J connectivity index is 1.39. The first-order chi connectivity index (χ1) is 18.0. The number of carbonyl (C=O) groups excluding carboxylic acids is 2. The predicted molar refractivity (Wildman–Crippen MR) is 143 cm³/mol. The monoisotopic (exact) mass is 505 g/mol. The van der Waals surface area contributed by atoms with Crippen molar-refractivity contribution in [2.24, 2.45) is 0 Å². The van der Waals surface area contributed by atoms with Crippen molar-refractivity contribution < 1.29 is 14.3 Å². The van der Waals surface area contributed by atoms with E-state index in [1.165, 1.54) is 23.9 Å². The Hall–Kier alpha value is -3.72. The molecule has 0 radical (unpaired) electrons. The number of likely N-dealkylation sites (tertiary alicyclic amines) is 1. The van der Waals surface area contributed by atoms with Gasteiger partial charge in [0.2, 0.25) is 5.91 Å². The maximum Gasteiger partial charge on any atom is 0.279 e. The number of hydrogen-bond acceptors (Lipinski definition) is 6. The molecule has 3 aromatic rings. The van der Waals surface area contributed by atoms with Gasteiger partial charge in [0.05, 0.1) is 24.7 Å². The highest BCUT2D eigenvalue weighted by atomic mass is 16.5. The SMILES string of the molecule is CC[C@H]1CCCCN1CCCNC(=O)CNC(=O)c1nn(-c2ccc(OC)cc2)c(=O)c2ccccc12. The summed E-state index contributed by atoms with van der Waals surface area (Å²) in [6, 6.07) is 14.3. The topological polar surface area (TPSA) is 106 Å². The molecule has 0 spiro atoms. The summed E-state index contributed by atoms with van der Waals surface area (Å²) in [7, 11) is 1.56. The Kier molecular flexibility index (Phi) is 8.90. The van der Waals surface area contributed by atoms with E-state index in [2.05, 4.69) is 27.6 Å². The van der Waals surface area contributed by atoms with Crippen LogP contribution in [-0.2, 0) is 4.79 Å². The van der Waals surface area contributed by atoms with Gasteiger partial charge in [-0.3, -0.25) is 14.4 Å². The number of aromatic nitrogens is 2. The molecule has 196 valence electrons. The molecule has 2 N–H and O–H groups in total. The molecule has 1 aliphatic heterocycles. The van der Waals surface area contributed by atoms with Gasteiger partial charge in [0.25, 0.3) is 11.5 Å². The van der Waals surface area contributed by atoms with E-state index in [4.69, 9.17) is 4.74 Å². The molecule has 2 heterocycles. The van der Waals surface area contributed by atoms with Crippen molar-refractivity contribution in [3.05, 3.63) is 64.6 Å². The third kappa shape index (κ3) is 6.35. The van der Waals surface area contributed by atoms with E-state index in [-0.39, 0.29) is 23.7 Å². The van der Waals surface area contributed by atoms with Crippen LogP contribution in [0, 0.1) is 0 Å². The van der Waals surface area contributed by atoms with Gasteiger partial charge in [0.15, 0.2) is 5.69 Å². The van der Waals surface area contributed by atoms with Crippen LogP contribution in [0.4, 0.5) is 0 Å². The predicted octanol–water partition coefficient (Wildman–Crippen LogP) is 2.89. The van der Waals surface area contributed by atoms with E-state index in [1.807, 2.05) is 0 Å². The van der Waals surface area contributed by atoms with Crippen LogP contribution in [0.25, 0.3) is 16.5 Å². The minimum atomic E-state index is -0.521. The zero-order chi connectivity index (χ0) is 26.2. The lowest BCUT2D eigenvalue weighted by atomic mass is 10.00. The van der Waals surface area contributed by atoms with Gasteiger partial charge in [-0.2, -0.15) is 9.78 Å². The number of methoxy groups -OCH3 is 1. The molecule has 0 saturated carbocycles. The number of nitrogens with one attached hydrogen (secondary N) is 2. The lowest BCUT2D eigenvalue weighted by Gasteiger charge is -2.35. The normalized spacial score (nSPS) is 15.9. The second-order valence-corrected chi connectivity index (χ2v) is 9.29. The van der Waals surface area contributed by atoms with E-state index in [9.17, 15) is 14.4 Å². The van der Waals surface area contributed by atoms with Crippen LogP contribution in [0.15, 0.2) is 53.3 Å². The van der Waals surface area contributed by atoms with Crippen molar-refractivity contribution in [1.82, 2.24) is 25.3 Å². The summed E-state index contributed by atoms with van der Waals surface area (Å²) < 4.78 is 6.38. The average molecular weight is 506 g/mol. The molecule has 4 rings (SSSR count). The second-order valence-electron chi connectivity index (χ2n) is 9.29. The molecular formula is C28H35N5O4. The van der Waals surface area contributed by atoms with Crippen molar-refractivity contribution in [3.63, 3.8) is 0 Å². The molecule has 1 atom stereocenters. The smallest absolute Gasteiger partial charge is 0.279 e. The third-order valence-corrected chi connectivity index (χ3v) is 6.91. The summed E-state index contributed by atoms with van der Waals surface area (Å²) in [5.41, 5.74) is 0.242. The molecule has 1 aromatic heterocycles. The van der Waals surface area contributed by atoms with Gasteiger partial charge in [0, 0.05) is 24.5 Å². The molecule has 0 unspecified atom stereocenters. The Morgan fingerprint density at radius 3 is 2.54 bits per heavy atom. The average Bonchev–Trinajstić information content (AvgIpc) is 2.94. The highest BCUT2D eigenvalue weighted by Crippen LogP contribution is 2.19. The van der Waals surface area contributed by atoms with Crippen LogP contribution in [0.1, 0.15) is 49.5 Å². The minimum Gasteiger partial charge on any atom is -0.497 e. The standard InChI is InChI=1S/C28H35N5O4/c1-3-20-9-6-7-17-32(20)18-8-16-29-25(34)19-30-27(35)26-23-10-4-5-11-24(23)28(36)33(31-26)21-12-14-22(37-2)15-13-21/h4-5,10-15,20H,3,6-9,16-19H2,1-2H3,(H,29,34)(H,30,35)/t20-/m0/s1. The summed E-state index contributed by atoms with van der Waals surface area (Å²) in [6.07, 6.45) is 5.82. The van der Waals surface area contributed by atoms with Gasteiger partial charge in [-0.15, -0.1) is 0 Å². The molecule has 1 fully saturated rings. The van der Waals surface area contributed by atoms with Crippen molar-refractivity contribution >= 4 is 22.6 Å². The summed E-state index contributed by atoms with van der Waals surface area (Å²) >= 11 is 0. The van der Waals surface area contributed by atoms with Crippen LogP contribution in [0.5, 0.6) is 5.75 Å². The van der Waals surface area contributed by atoms with Crippen molar-refractivity contribution in [2.75, 3.05) is 33.3 Å². The van der Waals surface area contributed by atoms with Gasteiger partial charge in [0.1, 0.15) is 5.75 Å². The quantitative estimate of drug-likeness (QED) is 0.411. The van der Waals surface area contributed by atoms with Crippen molar-refractivity contribution in [2.45, 2.75) is 45.1 Å². The number of hydrogen-bond donors (Lipinski definition) is 2. The molecule has 0 aliphatic carbocycles. The number of piperidine rings is 1. The van der Waals surface area contributed by atoms with E-state index >= 15 is 0 Å². The number of amides is 2. The molecule has 37 heavy (non-hydrogen) atoms. The fourth-order valence-corrected chi connectivity index (χ4v) is 4.89. The number of benzene rings is 2. The molecule has 9 nitrogen and oxygen atoms in total. The molecule has 1 aliphatic rings. The number of nitrogens with zero attached hydrogens (tertiary/aromatic N) is 3. The van der Waals surface area contributed by atoms with Gasteiger partial charge < -0.3 is 20.3 Å². The summed E-state index contributed by atoms with van der Waals surface area (Å²) in [4.78, 5) is 41.1. The zero-order valence-corrected chi connectivity index (χ0v) is 21.5. The Bertz CT molecular complexity index is 1290. The number of rotatable bonds is 10. The maximum absolute atomic E-state index is 13.1. The number of fused-ring (bicyclic) bond motifs is 1. The summed E-state index contributed by atoms with van der Waals surface area (Å²) in [5.74, 6) is -0.137. The maximum atomic E-state index is 13.1. The van der Waals surface area contributed by atoms with E-state index in [1.54, 1.807) is 55.6 Å². The van der Waals surface area contributed by atoms with Crippen molar-refractivity contribution in [1.29, 1.82) is 0 Å². The summed E-state index contributed by atoms with van der Waals surface area (Å²) in [5, 5.41) is 10.7. The van der Waals surface area contributed by atoms with Crippen LogP contribution in [0.3, 0.4) is 0 Å². The Labute approximate surface area is 216 Å². The zero-order valence-electron chi connectivity index (χ0n) is 21.5. The van der Waals surface area contributed by atoms with E-state index < -0.39 is 5.91 Å². The molecule has 2 amide bonds. The fourth-order valence-electron chi connectivity index (χ4n) is 4.89. The van der Waals surface area contributed by atoms with Crippen LogP contribution < -0.4 is 20.9 Å². The van der Waals surface area contributed by atoms with Crippen molar-refractivity contribution in [3.8, 4) is 11.4 Å². The molecule has 2 aromatic carbocycles. The third-order valence-electron chi connectivity index (χ3n) is 6.91. The van der Waals surface area contributed by atoms with Gasteiger partial charge in [-0.1, -0.05) is 31.5 Å². The first-order valence-electron chi connectivity index (χ1n) is 13.0. The number of carbonyl (C=O) groups is 2. The lowest BCUT2D eigenvalue weighted by Crippen LogP contribution is -2.41. The molecule has 9 heteroatoms. The Morgan fingerprint density at radius 1 is 1.05 bits per heavy atom. The Morgan fingerprint density at radius 2 is 1.81 bits per heavy atom. The van der Waals surface area contributed by atoms with E-state index in [0.717, 1.165) is 25.9 Å². The number of ether oxygens (including phenoxy) is 1. The molecule has 1 saturated heterocycles. The van der Waals surface area contributed by atoms with Crippen LogP contribution >= 0.6 is 0 Å². The fraction of sp³-hybridized carbons (Fsp3) is 0.429.